The lowest BCUT2D eigenvalue weighted by Gasteiger charge is -2.07. The van der Waals surface area contributed by atoms with Gasteiger partial charge < -0.3 is 10.5 Å². The molecule has 0 saturated carbocycles. The molecule has 0 aliphatic carbocycles. The first kappa shape index (κ1) is 10.5. The maximum absolute atomic E-state index is 11.3. The summed E-state index contributed by atoms with van der Waals surface area (Å²) in [5.41, 5.74) is 5.46. The topological polar surface area (TPSA) is 108 Å². The number of amides is 1. The van der Waals surface area contributed by atoms with Crippen LogP contribution in [0.15, 0.2) is 0 Å². The molecule has 3 N–H and O–H groups in total. The number of hydrogen-bond acceptors (Lipinski definition) is 6. The van der Waals surface area contributed by atoms with E-state index in [0.29, 0.717) is 0 Å². The van der Waals surface area contributed by atoms with Crippen LogP contribution in [0, 0.1) is 0 Å². The summed E-state index contributed by atoms with van der Waals surface area (Å²) in [5, 5.41) is 13.3. The van der Waals surface area contributed by atoms with Gasteiger partial charge in [-0.1, -0.05) is 5.10 Å². The van der Waals surface area contributed by atoms with Crippen LogP contribution in [0.5, 0.6) is 0 Å². The minimum atomic E-state index is -0.733. The Morgan fingerprint density at radius 3 is 3.00 bits per heavy atom. The molecule has 1 heterocycles. The minimum Gasteiger partial charge on any atom is -0.383 e. The van der Waals surface area contributed by atoms with E-state index in [0.717, 1.165) is 0 Å². The van der Waals surface area contributed by atoms with Crippen LogP contribution in [0.25, 0.3) is 0 Å². The van der Waals surface area contributed by atoms with Gasteiger partial charge in [-0.15, -0.1) is 5.10 Å². The molecule has 0 aliphatic heterocycles. The fourth-order valence-corrected chi connectivity index (χ4v) is 0.792. The Hall–Kier alpha value is -1.54. The molecule has 1 rings (SSSR count). The molecule has 8 heteroatoms. The second-order valence-corrected chi connectivity index (χ2v) is 2.65. The molecule has 0 saturated heterocycles. The van der Waals surface area contributed by atoms with Gasteiger partial charge in [0.1, 0.15) is 6.04 Å². The first-order valence-corrected chi connectivity index (χ1v) is 3.93. The Morgan fingerprint density at radius 1 is 1.79 bits per heavy atom. The average Bonchev–Trinajstić information content (AvgIpc) is 2.51. The number of tetrazole rings is 1. The summed E-state index contributed by atoms with van der Waals surface area (Å²) in [6.45, 7) is 0.145. The molecule has 0 bridgehead atoms. The van der Waals surface area contributed by atoms with Crippen LogP contribution in [-0.4, -0.2) is 45.9 Å². The van der Waals surface area contributed by atoms with Gasteiger partial charge in [0.25, 0.3) is 5.95 Å². The Bertz CT molecular complexity index is 311. The molecule has 0 spiro atoms. The molecule has 0 radical (unpaired) electrons. The Labute approximate surface area is 80.4 Å². The smallest absolute Gasteiger partial charge is 0.270 e. The largest absolute Gasteiger partial charge is 0.383 e. The number of carbonyl (C=O) groups excluding carboxylic acids is 1. The van der Waals surface area contributed by atoms with Crippen molar-refractivity contribution in [3.63, 3.8) is 0 Å². The Balaban J connectivity index is 2.48. The Kier molecular flexibility index (Phi) is 3.48. The van der Waals surface area contributed by atoms with Gasteiger partial charge in [-0.25, -0.2) is 0 Å². The summed E-state index contributed by atoms with van der Waals surface area (Å²) in [6.07, 6.45) is 0. The van der Waals surface area contributed by atoms with E-state index in [2.05, 4.69) is 20.7 Å². The van der Waals surface area contributed by atoms with Gasteiger partial charge in [0.2, 0.25) is 5.91 Å². The quantitative estimate of drug-likeness (QED) is 0.589. The van der Waals surface area contributed by atoms with Crippen molar-refractivity contribution in [1.82, 2.24) is 20.2 Å². The fourth-order valence-electron chi connectivity index (χ4n) is 0.792. The van der Waals surface area contributed by atoms with Gasteiger partial charge >= 0.3 is 0 Å². The van der Waals surface area contributed by atoms with E-state index in [1.807, 2.05) is 0 Å². The van der Waals surface area contributed by atoms with Crippen molar-refractivity contribution in [1.29, 1.82) is 0 Å². The van der Waals surface area contributed by atoms with Crippen molar-refractivity contribution in [2.75, 3.05) is 19.0 Å². The minimum absolute atomic E-state index is 0.129. The zero-order valence-electron chi connectivity index (χ0n) is 7.97. The summed E-state index contributed by atoms with van der Waals surface area (Å²) in [6, 6.07) is -0.733. The van der Waals surface area contributed by atoms with E-state index in [1.54, 1.807) is 7.05 Å². The van der Waals surface area contributed by atoms with E-state index in [1.165, 1.54) is 11.9 Å². The van der Waals surface area contributed by atoms with Crippen LogP contribution in [0.4, 0.5) is 5.95 Å². The molecular weight excluding hydrogens is 188 g/mol. The predicted molar refractivity (Wildman–Crippen MR) is 47.3 cm³/mol. The molecule has 14 heavy (non-hydrogen) atoms. The maximum Gasteiger partial charge on any atom is 0.270 e. The number of anilines is 1. The number of nitrogens with zero attached hydrogens (tertiary/aromatic N) is 4. The van der Waals surface area contributed by atoms with E-state index in [9.17, 15) is 4.79 Å². The second kappa shape index (κ2) is 4.63. The van der Waals surface area contributed by atoms with Crippen LogP contribution in [0.1, 0.15) is 0 Å². The summed E-state index contributed by atoms with van der Waals surface area (Å²) in [7, 11) is 3.06. The van der Waals surface area contributed by atoms with Crippen molar-refractivity contribution in [2.45, 2.75) is 6.04 Å². The highest BCUT2D eigenvalue weighted by Gasteiger charge is 2.14. The summed E-state index contributed by atoms with van der Waals surface area (Å²) in [4.78, 5) is 12.5. The fraction of sp³-hybridized carbons (Fsp3) is 0.667. The van der Waals surface area contributed by atoms with Crippen molar-refractivity contribution >= 4 is 11.9 Å². The molecule has 0 aliphatic rings. The number of nitrogens with two attached hydrogens (primary N) is 1. The monoisotopic (exact) mass is 200 g/mol. The predicted octanol–water partition coefficient (Wildman–Crippen LogP) is -1.88. The van der Waals surface area contributed by atoms with E-state index in [-0.39, 0.29) is 12.6 Å². The molecule has 1 aromatic rings. The third-order valence-corrected chi connectivity index (χ3v) is 1.43. The highest BCUT2D eigenvalue weighted by atomic mass is 16.5. The van der Waals surface area contributed by atoms with E-state index in [4.69, 9.17) is 10.5 Å². The molecule has 78 valence electrons. The van der Waals surface area contributed by atoms with Gasteiger partial charge in [-0.2, -0.15) is 4.80 Å². The first-order chi connectivity index (χ1) is 6.63. The summed E-state index contributed by atoms with van der Waals surface area (Å²) in [5.74, 6) is -0.274. The molecule has 1 atom stereocenters. The van der Waals surface area contributed by atoms with Gasteiger partial charge in [0, 0.05) is 7.11 Å². The SMILES string of the molecule is COCC(N)C(=O)Nc1nnn(C)n1. The molecule has 1 aromatic heterocycles. The van der Waals surface area contributed by atoms with Crippen LogP contribution in [0.2, 0.25) is 0 Å². The van der Waals surface area contributed by atoms with Gasteiger partial charge in [-0.3, -0.25) is 10.1 Å². The lowest BCUT2D eigenvalue weighted by Crippen LogP contribution is -2.39. The van der Waals surface area contributed by atoms with E-state index >= 15 is 0 Å². The second-order valence-electron chi connectivity index (χ2n) is 2.65. The maximum atomic E-state index is 11.3. The van der Waals surface area contributed by atoms with Crippen molar-refractivity contribution < 1.29 is 9.53 Å². The average molecular weight is 200 g/mol. The summed E-state index contributed by atoms with van der Waals surface area (Å²) >= 11 is 0. The number of aryl methyl sites for hydroxylation is 1. The molecule has 1 unspecified atom stereocenters. The third-order valence-electron chi connectivity index (χ3n) is 1.43. The normalized spacial score (nSPS) is 12.5. The van der Waals surface area contributed by atoms with Crippen LogP contribution in [0.3, 0.4) is 0 Å². The van der Waals surface area contributed by atoms with Crippen molar-refractivity contribution in [3.05, 3.63) is 0 Å². The molecule has 1 amide bonds. The highest BCUT2D eigenvalue weighted by molar-refractivity contribution is 5.93. The zero-order chi connectivity index (χ0) is 10.6. The number of methoxy groups -OCH3 is 1. The van der Waals surface area contributed by atoms with Crippen LogP contribution < -0.4 is 11.1 Å². The lowest BCUT2D eigenvalue weighted by molar-refractivity contribution is -0.118. The number of hydrogen-bond donors (Lipinski definition) is 2. The number of ether oxygens (including phenoxy) is 1. The highest BCUT2D eigenvalue weighted by Crippen LogP contribution is 1.93. The third kappa shape index (κ3) is 2.75. The van der Waals surface area contributed by atoms with Crippen molar-refractivity contribution in [3.8, 4) is 0 Å². The number of carbonyl (C=O) groups is 1. The van der Waals surface area contributed by atoms with Gasteiger partial charge in [0.05, 0.1) is 13.7 Å². The van der Waals surface area contributed by atoms with Gasteiger partial charge in [0.15, 0.2) is 0 Å². The number of aromatic nitrogens is 4. The molecule has 0 fully saturated rings. The molecule has 0 aromatic carbocycles. The van der Waals surface area contributed by atoms with Crippen molar-refractivity contribution in [2.24, 2.45) is 12.8 Å². The number of rotatable bonds is 4. The number of nitrogens with one attached hydrogen (secondary N) is 1. The standard InChI is InChI=1S/C6H12N6O2/c1-12-10-6(9-11-12)8-5(13)4(7)3-14-2/h4H,3,7H2,1-2H3,(H,8,10,13). The van der Waals surface area contributed by atoms with Gasteiger partial charge in [-0.05, 0) is 5.21 Å². The summed E-state index contributed by atoms with van der Waals surface area (Å²) < 4.78 is 4.72. The molecular formula is C6H12N6O2. The molecule has 8 nitrogen and oxygen atoms in total. The lowest BCUT2D eigenvalue weighted by atomic mass is 10.3. The Morgan fingerprint density at radius 2 is 2.50 bits per heavy atom. The van der Waals surface area contributed by atoms with E-state index < -0.39 is 11.9 Å². The van der Waals surface area contributed by atoms with Crippen LogP contribution in [-0.2, 0) is 16.6 Å². The first-order valence-electron chi connectivity index (χ1n) is 3.93. The zero-order valence-corrected chi connectivity index (χ0v) is 7.97. The van der Waals surface area contributed by atoms with Crippen LogP contribution >= 0.6 is 0 Å².